The quantitative estimate of drug-likeness (QED) is 0.322. The summed E-state index contributed by atoms with van der Waals surface area (Å²) in [4.78, 5) is 0. The summed E-state index contributed by atoms with van der Waals surface area (Å²) in [6, 6.07) is 4.14. The Morgan fingerprint density at radius 1 is 0.560 bits per heavy atom. The van der Waals surface area contributed by atoms with E-state index < -0.39 is 0 Å². The molecule has 0 amide bonds. The molecule has 25 heavy (non-hydrogen) atoms. The second kappa shape index (κ2) is 14.2. The molecule has 0 aliphatic carbocycles. The summed E-state index contributed by atoms with van der Waals surface area (Å²) in [7, 11) is 0. The highest BCUT2D eigenvalue weighted by Crippen LogP contribution is 2.29. The van der Waals surface area contributed by atoms with Crippen LogP contribution in [0.1, 0.15) is 115 Å². The van der Waals surface area contributed by atoms with E-state index in [1.807, 2.05) is 6.07 Å². The van der Waals surface area contributed by atoms with E-state index in [0.29, 0.717) is 5.75 Å². The van der Waals surface area contributed by atoms with Gasteiger partial charge in [0.25, 0.3) is 0 Å². The molecule has 0 aliphatic heterocycles. The Morgan fingerprint density at radius 2 is 1.08 bits per heavy atom. The Bertz CT molecular complexity index is 450. The fourth-order valence-corrected chi connectivity index (χ4v) is 3.73. The molecular formula is C24H42O. The first-order chi connectivity index (χ1) is 12.2. The topological polar surface area (TPSA) is 20.2 Å². The van der Waals surface area contributed by atoms with E-state index in [4.69, 9.17) is 0 Å². The van der Waals surface area contributed by atoms with Gasteiger partial charge in [-0.05, 0) is 61.3 Å². The van der Waals surface area contributed by atoms with Gasteiger partial charge in [0.1, 0.15) is 5.75 Å². The highest BCUT2D eigenvalue weighted by atomic mass is 16.3. The number of benzene rings is 1. The van der Waals surface area contributed by atoms with Crippen molar-refractivity contribution in [2.75, 3.05) is 0 Å². The molecule has 0 saturated heterocycles. The molecule has 1 rings (SSSR count). The monoisotopic (exact) mass is 346 g/mol. The molecule has 0 saturated carbocycles. The maximum Gasteiger partial charge on any atom is 0.119 e. The average Bonchev–Trinajstić information content (AvgIpc) is 2.62. The summed E-state index contributed by atoms with van der Waals surface area (Å²) < 4.78 is 0. The Labute approximate surface area is 157 Å². The Hall–Kier alpha value is -0.980. The van der Waals surface area contributed by atoms with Gasteiger partial charge < -0.3 is 5.11 Å². The molecule has 0 aliphatic rings. The first-order valence-corrected chi connectivity index (χ1v) is 11.1. The van der Waals surface area contributed by atoms with Crippen LogP contribution in [-0.2, 0) is 19.3 Å². The van der Waals surface area contributed by atoms with Gasteiger partial charge in [-0.2, -0.15) is 0 Å². The lowest BCUT2D eigenvalue weighted by molar-refractivity contribution is 0.463. The fraction of sp³-hybridized carbons (Fsp3) is 0.750. The Balaban J connectivity index is 2.72. The maximum atomic E-state index is 10.5. The molecule has 0 spiro atoms. The number of rotatable bonds is 15. The highest BCUT2D eigenvalue weighted by molar-refractivity contribution is 5.45. The van der Waals surface area contributed by atoms with E-state index in [0.717, 1.165) is 12.8 Å². The molecule has 1 nitrogen and oxygen atoms in total. The fourth-order valence-electron chi connectivity index (χ4n) is 3.73. The van der Waals surface area contributed by atoms with Gasteiger partial charge in [-0.25, -0.2) is 0 Å². The van der Waals surface area contributed by atoms with Crippen LogP contribution in [0.3, 0.4) is 0 Å². The molecule has 0 atom stereocenters. The zero-order chi connectivity index (χ0) is 18.3. The first-order valence-electron chi connectivity index (χ1n) is 11.1. The van der Waals surface area contributed by atoms with Crippen LogP contribution >= 0.6 is 0 Å². The van der Waals surface area contributed by atoms with Gasteiger partial charge in [-0.1, -0.05) is 84.6 Å². The summed E-state index contributed by atoms with van der Waals surface area (Å²) in [5.74, 6) is 0.541. The van der Waals surface area contributed by atoms with Crippen LogP contribution in [-0.4, -0.2) is 5.11 Å². The SMILES string of the molecule is CCCCCCCCc1c(O)ccc(CCCC)c1CCCCCC. The minimum Gasteiger partial charge on any atom is -0.508 e. The summed E-state index contributed by atoms with van der Waals surface area (Å²) in [5, 5.41) is 10.5. The number of hydrogen-bond donors (Lipinski definition) is 1. The third-order valence-electron chi connectivity index (χ3n) is 5.36. The second-order valence-corrected chi connectivity index (χ2v) is 7.63. The largest absolute Gasteiger partial charge is 0.508 e. The molecule has 0 aromatic heterocycles. The molecule has 0 fully saturated rings. The van der Waals surface area contributed by atoms with Crippen LogP contribution in [0.2, 0.25) is 0 Å². The van der Waals surface area contributed by atoms with Gasteiger partial charge in [0.15, 0.2) is 0 Å². The van der Waals surface area contributed by atoms with Gasteiger partial charge in [0.2, 0.25) is 0 Å². The van der Waals surface area contributed by atoms with E-state index in [1.54, 1.807) is 0 Å². The smallest absolute Gasteiger partial charge is 0.119 e. The highest BCUT2D eigenvalue weighted by Gasteiger charge is 2.12. The first kappa shape index (κ1) is 22.1. The molecule has 0 radical (unpaired) electrons. The number of aromatic hydroxyl groups is 1. The van der Waals surface area contributed by atoms with Crippen molar-refractivity contribution < 1.29 is 5.11 Å². The summed E-state index contributed by atoms with van der Waals surface area (Å²) in [6.45, 7) is 6.80. The van der Waals surface area contributed by atoms with Crippen LogP contribution in [0.25, 0.3) is 0 Å². The minimum absolute atomic E-state index is 0.541. The van der Waals surface area contributed by atoms with Crippen molar-refractivity contribution in [2.45, 2.75) is 117 Å². The number of phenols is 1. The van der Waals surface area contributed by atoms with Crippen LogP contribution < -0.4 is 0 Å². The summed E-state index contributed by atoms with van der Waals surface area (Å²) in [6.07, 6.45) is 19.0. The number of aryl methyl sites for hydroxylation is 1. The van der Waals surface area contributed by atoms with Crippen molar-refractivity contribution in [3.05, 3.63) is 28.8 Å². The molecule has 1 N–H and O–H groups in total. The lowest BCUT2D eigenvalue weighted by Gasteiger charge is -2.17. The van der Waals surface area contributed by atoms with Gasteiger partial charge in [-0.3, -0.25) is 0 Å². The molecule has 0 unspecified atom stereocenters. The van der Waals surface area contributed by atoms with E-state index in [1.165, 1.54) is 100 Å². The molecule has 144 valence electrons. The van der Waals surface area contributed by atoms with Crippen molar-refractivity contribution in [3.8, 4) is 5.75 Å². The molecule has 1 aromatic rings. The van der Waals surface area contributed by atoms with Gasteiger partial charge >= 0.3 is 0 Å². The number of unbranched alkanes of at least 4 members (excludes halogenated alkanes) is 9. The van der Waals surface area contributed by atoms with Crippen molar-refractivity contribution in [1.82, 2.24) is 0 Å². The molecule has 1 heteroatoms. The van der Waals surface area contributed by atoms with Crippen LogP contribution in [0.5, 0.6) is 5.75 Å². The van der Waals surface area contributed by atoms with Gasteiger partial charge in [-0.15, -0.1) is 0 Å². The molecule has 1 aromatic carbocycles. The zero-order valence-electron chi connectivity index (χ0n) is 17.2. The lowest BCUT2D eigenvalue weighted by Crippen LogP contribution is -2.02. The predicted octanol–water partition coefficient (Wildman–Crippen LogP) is 7.76. The van der Waals surface area contributed by atoms with E-state index >= 15 is 0 Å². The number of hydrogen-bond acceptors (Lipinski definition) is 1. The van der Waals surface area contributed by atoms with Crippen molar-refractivity contribution >= 4 is 0 Å². The van der Waals surface area contributed by atoms with E-state index in [9.17, 15) is 5.11 Å². The lowest BCUT2D eigenvalue weighted by atomic mass is 9.89. The van der Waals surface area contributed by atoms with Gasteiger partial charge in [0, 0.05) is 0 Å². The van der Waals surface area contributed by atoms with Crippen LogP contribution in [0.15, 0.2) is 12.1 Å². The van der Waals surface area contributed by atoms with Crippen LogP contribution in [0.4, 0.5) is 0 Å². The van der Waals surface area contributed by atoms with E-state index in [-0.39, 0.29) is 0 Å². The standard InChI is InChI=1S/C24H42O/c1-4-7-10-12-13-15-18-23-22(17-14-11-8-5-2)21(16-9-6-3)19-20-24(23)25/h19-20,25H,4-18H2,1-3H3. The summed E-state index contributed by atoms with van der Waals surface area (Å²) >= 11 is 0. The van der Waals surface area contributed by atoms with Crippen molar-refractivity contribution in [3.63, 3.8) is 0 Å². The zero-order valence-corrected chi connectivity index (χ0v) is 17.2. The Morgan fingerprint density at radius 3 is 1.72 bits per heavy atom. The normalized spacial score (nSPS) is 11.2. The molecular weight excluding hydrogens is 304 g/mol. The summed E-state index contributed by atoms with van der Waals surface area (Å²) in [5.41, 5.74) is 4.25. The van der Waals surface area contributed by atoms with Crippen LogP contribution in [0, 0.1) is 0 Å². The minimum atomic E-state index is 0.541. The third kappa shape index (κ3) is 8.79. The maximum absolute atomic E-state index is 10.5. The predicted molar refractivity (Wildman–Crippen MR) is 112 cm³/mol. The van der Waals surface area contributed by atoms with E-state index in [2.05, 4.69) is 26.8 Å². The third-order valence-corrected chi connectivity index (χ3v) is 5.36. The van der Waals surface area contributed by atoms with Crippen molar-refractivity contribution in [2.24, 2.45) is 0 Å². The second-order valence-electron chi connectivity index (χ2n) is 7.63. The molecule has 0 bridgehead atoms. The molecule has 0 heterocycles. The van der Waals surface area contributed by atoms with Crippen molar-refractivity contribution in [1.29, 1.82) is 0 Å². The van der Waals surface area contributed by atoms with Gasteiger partial charge in [0.05, 0.1) is 0 Å². The number of phenolic OH excluding ortho intramolecular Hbond substituents is 1. The average molecular weight is 347 g/mol. The Kier molecular flexibility index (Phi) is 12.5.